The van der Waals surface area contributed by atoms with Crippen LogP contribution in [-0.4, -0.2) is 63.8 Å². The van der Waals surface area contributed by atoms with Gasteiger partial charge in [0.05, 0.1) is 27.1 Å². The first-order valence-corrected chi connectivity index (χ1v) is 10.0. The molecule has 0 saturated heterocycles. The normalized spacial score (nSPS) is 11.5. The monoisotopic (exact) mass is 305 g/mol. The van der Waals surface area contributed by atoms with Gasteiger partial charge in [-0.25, -0.2) is 0 Å². The van der Waals surface area contributed by atoms with Crippen LogP contribution in [0.5, 0.6) is 0 Å². The zero-order valence-corrected chi connectivity index (χ0v) is 14.0. The minimum Gasteiger partial charge on any atom is -0.469 e. The number of methoxy groups -OCH3 is 2. The minimum absolute atomic E-state index is 0.259. The van der Waals surface area contributed by atoms with Gasteiger partial charge in [0.2, 0.25) is 0 Å². The van der Waals surface area contributed by atoms with Crippen LogP contribution in [0.25, 0.3) is 0 Å². The zero-order chi connectivity index (χ0) is 15.6. The second-order valence-corrected chi connectivity index (χ2v) is 9.53. The zero-order valence-electron chi connectivity index (χ0n) is 13.0. The number of carbonyl (C=O) groups is 2. The van der Waals surface area contributed by atoms with Crippen molar-refractivity contribution in [3.8, 4) is 0 Å². The Morgan fingerprint density at radius 2 is 1.45 bits per heavy atom. The Kier molecular flexibility index (Phi) is 9.44. The maximum Gasteiger partial charge on any atom is 0.306 e. The molecule has 0 heterocycles. The van der Waals surface area contributed by atoms with Crippen LogP contribution in [0.3, 0.4) is 0 Å². The molecule has 0 aromatic rings. The molecule has 20 heavy (non-hydrogen) atoms. The highest BCUT2D eigenvalue weighted by Gasteiger charge is 2.17. The largest absolute Gasteiger partial charge is 0.469 e. The predicted octanol–water partition coefficient (Wildman–Crippen LogP) is 1.00. The molecule has 0 rings (SSSR count). The van der Waals surface area contributed by atoms with E-state index in [0.717, 1.165) is 19.0 Å². The molecule has 0 amide bonds. The van der Waals surface area contributed by atoms with Crippen molar-refractivity contribution >= 4 is 20.3 Å². The lowest BCUT2D eigenvalue weighted by atomic mass is 10.3. The van der Waals surface area contributed by atoms with E-state index in [0.29, 0.717) is 25.9 Å². The van der Waals surface area contributed by atoms with Crippen molar-refractivity contribution in [3.05, 3.63) is 0 Å². The summed E-state index contributed by atoms with van der Waals surface area (Å²) in [6.07, 6.45) is 1.47. The van der Waals surface area contributed by atoms with Crippen LogP contribution in [-0.2, 0) is 19.1 Å². The molecule has 6 nitrogen and oxygen atoms in total. The van der Waals surface area contributed by atoms with Crippen molar-refractivity contribution in [1.29, 1.82) is 0 Å². The average molecular weight is 305 g/mol. The summed E-state index contributed by atoms with van der Waals surface area (Å²) >= 11 is 0. The highest BCUT2D eigenvalue weighted by molar-refractivity contribution is 6.69. The molecule has 0 atom stereocenters. The number of carbonyl (C=O) groups excluding carboxylic acids is 2. The first kappa shape index (κ1) is 19.1. The molecule has 0 radical (unpaired) electrons. The SMILES string of the molecule is COC(=O)CCN(CCC[Si](C)(C)O)CCC(=O)OC. The molecule has 7 heteroatoms. The molecule has 0 bridgehead atoms. The van der Waals surface area contributed by atoms with E-state index >= 15 is 0 Å². The Labute approximate surface area is 122 Å². The van der Waals surface area contributed by atoms with Gasteiger partial charge in [-0.2, -0.15) is 0 Å². The Morgan fingerprint density at radius 1 is 1.00 bits per heavy atom. The maximum atomic E-state index is 11.2. The second-order valence-electron chi connectivity index (χ2n) is 5.41. The highest BCUT2D eigenvalue weighted by Crippen LogP contribution is 2.09. The Balaban J connectivity index is 4.16. The van der Waals surface area contributed by atoms with E-state index in [1.54, 1.807) is 0 Å². The Hall–Kier alpha value is -0.923. The van der Waals surface area contributed by atoms with E-state index in [9.17, 15) is 14.4 Å². The number of nitrogens with zero attached hydrogens (tertiary/aromatic N) is 1. The van der Waals surface area contributed by atoms with Crippen molar-refractivity contribution in [1.82, 2.24) is 4.90 Å². The number of rotatable bonds is 10. The van der Waals surface area contributed by atoms with Crippen LogP contribution in [0, 0.1) is 0 Å². The molecule has 0 aliphatic rings. The molecule has 0 spiro atoms. The molecule has 1 N–H and O–H groups in total. The number of hydrogen-bond donors (Lipinski definition) is 1. The molecular weight excluding hydrogens is 278 g/mol. The van der Waals surface area contributed by atoms with Gasteiger partial charge >= 0.3 is 11.9 Å². The molecule has 0 unspecified atom stereocenters. The maximum absolute atomic E-state index is 11.2. The predicted molar refractivity (Wildman–Crippen MR) is 78.8 cm³/mol. The molecule has 118 valence electrons. The first-order valence-electron chi connectivity index (χ1n) is 6.87. The summed E-state index contributed by atoms with van der Waals surface area (Å²) in [5.74, 6) is -0.519. The molecular formula is C13H27NO5Si. The lowest BCUT2D eigenvalue weighted by molar-refractivity contribution is -0.141. The van der Waals surface area contributed by atoms with E-state index in [4.69, 9.17) is 0 Å². The van der Waals surface area contributed by atoms with E-state index in [1.165, 1.54) is 14.2 Å². The van der Waals surface area contributed by atoms with Crippen molar-refractivity contribution in [3.63, 3.8) is 0 Å². The second kappa shape index (κ2) is 9.90. The summed E-state index contributed by atoms with van der Waals surface area (Å²) in [5.41, 5.74) is 0. The van der Waals surface area contributed by atoms with Crippen LogP contribution >= 0.6 is 0 Å². The average Bonchev–Trinajstić information content (AvgIpc) is 2.38. The molecule has 0 saturated carbocycles. The summed E-state index contributed by atoms with van der Waals surface area (Å²) in [7, 11) is 0.687. The number of hydrogen-bond acceptors (Lipinski definition) is 6. The van der Waals surface area contributed by atoms with Crippen molar-refractivity contribution in [2.75, 3.05) is 33.9 Å². The van der Waals surface area contributed by atoms with Gasteiger partial charge in [-0.15, -0.1) is 0 Å². The fraction of sp³-hybridized carbons (Fsp3) is 0.846. The van der Waals surface area contributed by atoms with Crippen LogP contribution in [0.2, 0.25) is 19.1 Å². The Morgan fingerprint density at radius 3 is 1.80 bits per heavy atom. The summed E-state index contributed by atoms with van der Waals surface area (Å²) in [6.45, 7) is 5.67. The van der Waals surface area contributed by atoms with E-state index in [1.807, 2.05) is 18.0 Å². The van der Waals surface area contributed by atoms with Gasteiger partial charge in [-0.3, -0.25) is 9.59 Å². The van der Waals surface area contributed by atoms with Crippen molar-refractivity contribution in [2.45, 2.75) is 38.4 Å². The summed E-state index contributed by atoms with van der Waals surface area (Å²) < 4.78 is 9.23. The Bertz CT molecular complexity index is 284. The van der Waals surface area contributed by atoms with Crippen LogP contribution in [0.15, 0.2) is 0 Å². The lowest BCUT2D eigenvalue weighted by Gasteiger charge is -2.22. The fourth-order valence-electron chi connectivity index (χ4n) is 1.77. The topological polar surface area (TPSA) is 76.1 Å². The van der Waals surface area contributed by atoms with Crippen molar-refractivity contribution < 1.29 is 23.9 Å². The fourth-order valence-corrected chi connectivity index (χ4v) is 2.80. The van der Waals surface area contributed by atoms with Crippen LogP contribution < -0.4 is 0 Å². The first-order chi connectivity index (χ1) is 9.28. The van der Waals surface area contributed by atoms with Gasteiger partial charge in [0, 0.05) is 13.1 Å². The van der Waals surface area contributed by atoms with Crippen molar-refractivity contribution in [2.24, 2.45) is 0 Å². The van der Waals surface area contributed by atoms with Crippen LogP contribution in [0.1, 0.15) is 19.3 Å². The third-order valence-corrected chi connectivity index (χ3v) is 4.56. The van der Waals surface area contributed by atoms with Gasteiger partial charge in [0.25, 0.3) is 0 Å². The van der Waals surface area contributed by atoms with Gasteiger partial charge in [-0.05, 0) is 32.1 Å². The third kappa shape index (κ3) is 11.0. The third-order valence-electron chi connectivity index (χ3n) is 2.98. The highest BCUT2D eigenvalue weighted by atomic mass is 28.4. The minimum atomic E-state index is -2.04. The quantitative estimate of drug-likeness (QED) is 0.479. The van der Waals surface area contributed by atoms with E-state index in [-0.39, 0.29) is 11.9 Å². The smallest absolute Gasteiger partial charge is 0.306 e. The summed E-state index contributed by atoms with van der Waals surface area (Å²) in [4.78, 5) is 34.2. The molecule has 0 aromatic carbocycles. The van der Waals surface area contributed by atoms with Gasteiger partial charge in [0.1, 0.15) is 0 Å². The summed E-state index contributed by atoms with van der Waals surface area (Å²) in [5, 5.41) is 0. The standard InChI is InChI=1S/C13H27NO5Si/c1-18-12(15)6-9-14(10-7-13(16)19-2)8-5-11-20(3,4)17/h17H,5-11H2,1-4H3. The summed E-state index contributed by atoms with van der Waals surface area (Å²) in [6, 6.07) is 0.806. The molecule has 0 aliphatic heterocycles. The number of esters is 2. The molecule has 0 fully saturated rings. The number of ether oxygens (including phenoxy) is 2. The lowest BCUT2D eigenvalue weighted by Crippen LogP contribution is -2.32. The van der Waals surface area contributed by atoms with E-state index < -0.39 is 8.32 Å². The van der Waals surface area contributed by atoms with Gasteiger partial charge in [-0.1, -0.05) is 0 Å². The molecule has 0 aliphatic carbocycles. The molecule has 0 aromatic heterocycles. The van der Waals surface area contributed by atoms with Gasteiger partial charge in [0.15, 0.2) is 8.32 Å². The van der Waals surface area contributed by atoms with E-state index in [2.05, 4.69) is 9.47 Å². The van der Waals surface area contributed by atoms with Crippen LogP contribution in [0.4, 0.5) is 0 Å². The van der Waals surface area contributed by atoms with Gasteiger partial charge < -0.3 is 19.2 Å².